The number of carbonyl (C=O) groups is 2. The van der Waals surface area contributed by atoms with Gasteiger partial charge in [-0.15, -0.1) is 0 Å². The van der Waals surface area contributed by atoms with Crippen LogP contribution >= 0.6 is 0 Å². The zero-order chi connectivity index (χ0) is 26.1. The van der Waals surface area contributed by atoms with Crippen LogP contribution in [0.15, 0.2) is 54.1 Å². The van der Waals surface area contributed by atoms with Crippen LogP contribution in [0.5, 0.6) is 0 Å². The maximum atomic E-state index is 13.5. The topological polar surface area (TPSA) is 67.4 Å². The molecule has 190 valence electrons. The third kappa shape index (κ3) is 8.43. The molecule has 3 atom stereocenters. The molecule has 1 aromatic carbocycles. The summed E-state index contributed by atoms with van der Waals surface area (Å²) in [5.74, 6) is 0.00790. The molecule has 5 nitrogen and oxygen atoms in total. The van der Waals surface area contributed by atoms with Crippen molar-refractivity contribution in [2.75, 3.05) is 13.7 Å². The first-order valence-corrected chi connectivity index (χ1v) is 12.3. The number of hydrogen-bond acceptors (Lipinski definition) is 4. The van der Waals surface area contributed by atoms with Gasteiger partial charge in [-0.2, -0.15) is 0 Å². The number of carbonyl (C=O) groups excluding carboxylic acids is 2. The Morgan fingerprint density at radius 3 is 2.09 bits per heavy atom. The van der Waals surface area contributed by atoms with E-state index in [-0.39, 0.29) is 29.3 Å². The van der Waals surface area contributed by atoms with Crippen molar-refractivity contribution >= 4 is 11.9 Å². The Bertz CT molecular complexity index is 848. The standard InChI is InChI=1S/C29H46N2O3/c1-11-34-27(33)21(4)19-22(20(2)3)17-18-24(28(5,6)7)31-26(32)25(30-10)29(8,9)23-15-13-12-14-16-23/h12-20,22,24-25,30H,11H2,1-10H3,(H,31,32)/b18-17+,21-19+/t22-,24?,25?/m1/s1. The minimum atomic E-state index is -0.403. The summed E-state index contributed by atoms with van der Waals surface area (Å²) >= 11 is 0. The van der Waals surface area contributed by atoms with Crippen molar-refractivity contribution in [3.8, 4) is 0 Å². The largest absolute Gasteiger partial charge is 0.463 e. The molecule has 1 rings (SSSR count). The van der Waals surface area contributed by atoms with E-state index < -0.39 is 11.5 Å². The van der Waals surface area contributed by atoms with E-state index in [0.29, 0.717) is 18.1 Å². The molecule has 0 aliphatic rings. The van der Waals surface area contributed by atoms with Crippen LogP contribution in [-0.4, -0.2) is 37.6 Å². The van der Waals surface area contributed by atoms with Crippen LogP contribution in [0.4, 0.5) is 0 Å². The molecule has 0 saturated carbocycles. The lowest BCUT2D eigenvalue weighted by molar-refractivity contribution is -0.138. The van der Waals surface area contributed by atoms with Crippen LogP contribution in [0.1, 0.15) is 67.9 Å². The van der Waals surface area contributed by atoms with Crippen molar-refractivity contribution in [1.29, 1.82) is 0 Å². The van der Waals surface area contributed by atoms with Crippen LogP contribution in [0.2, 0.25) is 0 Å². The summed E-state index contributed by atoms with van der Waals surface area (Å²) in [6, 6.07) is 9.52. The first-order chi connectivity index (χ1) is 15.7. The van der Waals surface area contributed by atoms with E-state index in [2.05, 4.69) is 83.4 Å². The van der Waals surface area contributed by atoms with Crippen LogP contribution in [-0.2, 0) is 19.7 Å². The van der Waals surface area contributed by atoms with E-state index in [1.807, 2.05) is 31.3 Å². The molecule has 0 aliphatic carbocycles. The minimum absolute atomic E-state index is 0.0414. The van der Waals surface area contributed by atoms with Gasteiger partial charge < -0.3 is 15.4 Å². The number of rotatable bonds is 11. The second kappa shape index (κ2) is 12.9. The van der Waals surface area contributed by atoms with Crippen LogP contribution in [0.3, 0.4) is 0 Å². The lowest BCUT2D eigenvalue weighted by Gasteiger charge is -2.37. The number of esters is 1. The molecule has 1 amide bonds. The molecule has 34 heavy (non-hydrogen) atoms. The maximum absolute atomic E-state index is 13.5. The number of amides is 1. The van der Waals surface area contributed by atoms with Gasteiger partial charge in [0.2, 0.25) is 5.91 Å². The monoisotopic (exact) mass is 470 g/mol. The van der Waals surface area contributed by atoms with Gasteiger partial charge >= 0.3 is 5.97 Å². The first-order valence-electron chi connectivity index (χ1n) is 12.3. The highest BCUT2D eigenvalue weighted by molar-refractivity contribution is 5.87. The fourth-order valence-corrected chi connectivity index (χ4v) is 3.96. The van der Waals surface area contributed by atoms with Gasteiger partial charge in [-0.1, -0.05) is 97.0 Å². The van der Waals surface area contributed by atoms with E-state index in [0.717, 1.165) is 5.56 Å². The number of likely N-dealkylation sites (N-methyl/N-ethyl adjacent to an activating group) is 1. The summed E-state index contributed by atoms with van der Waals surface area (Å²) < 4.78 is 5.13. The summed E-state index contributed by atoms with van der Waals surface area (Å²) in [4.78, 5) is 25.6. The quantitative estimate of drug-likeness (QED) is 0.257. The third-order valence-corrected chi connectivity index (χ3v) is 6.36. The van der Waals surface area contributed by atoms with Crippen LogP contribution in [0, 0.1) is 17.3 Å². The highest BCUT2D eigenvalue weighted by Gasteiger charge is 2.37. The fraction of sp³-hybridized carbons (Fsp3) is 0.586. The molecular formula is C29H46N2O3. The van der Waals surface area contributed by atoms with Gasteiger partial charge in [-0.3, -0.25) is 4.79 Å². The molecule has 0 fully saturated rings. The molecule has 0 bridgehead atoms. The van der Waals surface area contributed by atoms with Crippen molar-refractivity contribution < 1.29 is 14.3 Å². The molecule has 1 aromatic rings. The van der Waals surface area contributed by atoms with Crippen molar-refractivity contribution in [1.82, 2.24) is 10.6 Å². The molecule has 2 unspecified atom stereocenters. The number of allylic oxidation sites excluding steroid dienone is 2. The summed E-state index contributed by atoms with van der Waals surface area (Å²) in [6.07, 6.45) is 6.12. The van der Waals surface area contributed by atoms with Gasteiger partial charge in [0.25, 0.3) is 0 Å². The predicted molar refractivity (Wildman–Crippen MR) is 142 cm³/mol. The summed E-state index contributed by atoms with van der Waals surface area (Å²) in [5.41, 5.74) is 1.11. The van der Waals surface area contributed by atoms with E-state index in [4.69, 9.17) is 4.74 Å². The Kier molecular flexibility index (Phi) is 11.2. The highest BCUT2D eigenvalue weighted by atomic mass is 16.5. The minimum Gasteiger partial charge on any atom is -0.463 e. The zero-order valence-electron chi connectivity index (χ0n) is 22.9. The SMILES string of the molecule is CCOC(=O)/C(C)=C/[C@@H](/C=C/C(NC(=O)C(NC)C(C)(C)c1ccccc1)C(C)(C)C)C(C)C. The average molecular weight is 471 g/mol. The van der Waals surface area contributed by atoms with Crippen LogP contribution < -0.4 is 10.6 Å². The third-order valence-electron chi connectivity index (χ3n) is 6.36. The van der Waals surface area contributed by atoms with E-state index in [9.17, 15) is 9.59 Å². The molecule has 0 saturated heterocycles. The summed E-state index contributed by atoms with van der Waals surface area (Å²) in [7, 11) is 1.83. The highest BCUT2D eigenvalue weighted by Crippen LogP contribution is 2.29. The second-order valence-electron chi connectivity index (χ2n) is 10.9. The second-order valence-corrected chi connectivity index (χ2v) is 10.9. The van der Waals surface area contributed by atoms with Crippen molar-refractivity contribution in [2.45, 2.75) is 79.8 Å². The lowest BCUT2D eigenvalue weighted by Crippen LogP contribution is -2.56. The van der Waals surface area contributed by atoms with Gasteiger partial charge in [-0.25, -0.2) is 4.79 Å². The van der Waals surface area contributed by atoms with Gasteiger partial charge in [0.15, 0.2) is 0 Å². The molecule has 0 aliphatic heterocycles. The van der Waals surface area contributed by atoms with Crippen LogP contribution in [0.25, 0.3) is 0 Å². The number of ether oxygens (including phenoxy) is 1. The predicted octanol–water partition coefficient (Wildman–Crippen LogP) is 5.42. The van der Waals surface area contributed by atoms with Gasteiger partial charge in [0.1, 0.15) is 0 Å². The summed E-state index contributed by atoms with van der Waals surface area (Å²) in [5, 5.41) is 6.51. The molecule has 0 radical (unpaired) electrons. The summed E-state index contributed by atoms with van der Waals surface area (Å²) in [6.45, 7) is 18.7. The molecule has 5 heteroatoms. The van der Waals surface area contributed by atoms with Gasteiger partial charge in [-0.05, 0) is 43.7 Å². The number of nitrogens with one attached hydrogen (secondary N) is 2. The zero-order valence-corrected chi connectivity index (χ0v) is 22.9. The van der Waals surface area contributed by atoms with Crippen molar-refractivity contribution in [3.05, 3.63) is 59.7 Å². The molecule has 0 spiro atoms. The van der Waals surface area contributed by atoms with E-state index in [1.54, 1.807) is 13.8 Å². The van der Waals surface area contributed by atoms with Gasteiger partial charge in [0, 0.05) is 11.0 Å². The Balaban J connectivity index is 3.17. The van der Waals surface area contributed by atoms with Gasteiger partial charge in [0.05, 0.1) is 18.7 Å². The van der Waals surface area contributed by atoms with E-state index in [1.165, 1.54) is 0 Å². The first kappa shape index (κ1) is 29.6. The maximum Gasteiger partial charge on any atom is 0.333 e. The Morgan fingerprint density at radius 1 is 1.03 bits per heavy atom. The molecule has 2 N–H and O–H groups in total. The van der Waals surface area contributed by atoms with Crippen molar-refractivity contribution in [3.63, 3.8) is 0 Å². The molecule has 0 aromatic heterocycles. The van der Waals surface area contributed by atoms with Crippen molar-refractivity contribution in [2.24, 2.45) is 17.3 Å². The Morgan fingerprint density at radius 2 is 1.62 bits per heavy atom. The smallest absolute Gasteiger partial charge is 0.333 e. The Labute approximate surface area is 207 Å². The molecular weight excluding hydrogens is 424 g/mol. The normalized spacial score (nSPS) is 15.8. The Hall–Kier alpha value is -2.40. The number of benzene rings is 1. The number of hydrogen-bond donors (Lipinski definition) is 2. The average Bonchev–Trinajstić information content (AvgIpc) is 2.75. The fourth-order valence-electron chi connectivity index (χ4n) is 3.96. The lowest BCUT2D eigenvalue weighted by atomic mass is 9.76. The van der Waals surface area contributed by atoms with E-state index >= 15 is 0 Å². The molecule has 0 heterocycles.